The zero-order chi connectivity index (χ0) is 22.9. The van der Waals surface area contributed by atoms with Crippen LogP contribution < -0.4 is 5.32 Å². The first-order valence-electron chi connectivity index (χ1n) is 11.9. The number of carbonyl (C=O) groups is 3. The van der Waals surface area contributed by atoms with E-state index in [1.54, 1.807) is 0 Å². The van der Waals surface area contributed by atoms with Gasteiger partial charge in [-0.2, -0.15) is 0 Å². The molecular weight excluding hydrogens is 412 g/mol. The van der Waals surface area contributed by atoms with Gasteiger partial charge in [0.05, 0.1) is 11.8 Å². The lowest BCUT2D eigenvalue weighted by Crippen LogP contribution is -2.49. The van der Waals surface area contributed by atoms with E-state index in [1.807, 2.05) is 62.4 Å². The molecule has 2 bridgehead atoms. The quantitative estimate of drug-likeness (QED) is 0.566. The van der Waals surface area contributed by atoms with Crippen molar-refractivity contribution in [1.82, 2.24) is 4.90 Å². The van der Waals surface area contributed by atoms with Gasteiger partial charge in [0.1, 0.15) is 6.04 Å². The zero-order valence-corrected chi connectivity index (χ0v) is 18.9. The molecule has 7 unspecified atom stereocenters. The lowest BCUT2D eigenvalue weighted by molar-refractivity contribution is -0.146. The maximum absolute atomic E-state index is 13.7. The van der Waals surface area contributed by atoms with Crippen LogP contribution in [0, 0.1) is 49.4 Å². The summed E-state index contributed by atoms with van der Waals surface area (Å²) in [6.07, 6.45) is 5.76. The van der Waals surface area contributed by atoms with Crippen molar-refractivity contribution in [2.45, 2.75) is 32.7 Å². The third kappa shape index (κ3) is 3.09. The Hall–Kier alpha value is -3.21. The van der Waals surface area contributed by atoms with Crippen LogP contribution in [-0.4, -0.2) is 28.7 Å². The molecule has 5 nitrogen and oxygen atoms in total. The molecule has 3 amide bonds. The minimum Gasteiger partial charge on any atom is -0.324 e. The fourth-order valence-electron chi connectivity index (χ4n) is 6.64. The Kier molecular flexibility index (Phi) is 4.58. The number of likely N-dealkylation sites (tertiary alicyclic amines) is 1. The van der Waals surface area contributed by atoms with Crippen LogP contribution in [0.25, 0.3) is 0 Å². The molecule has 0 aromatic heterocycles. The van der Waals surface area contributed by atoms with Crippen LogP contribution in [-0.2, 0) is 20.8 Å². The van der Waals surface area contributed by atoms with E-state index in [1.165, 1.54) is 4.90 Å². The molecular formula is C28H28N2O3. The summed E-state index contributed by atoms with van der Waals surface area (Å²) < 4.78 is 0. The van der Waals surface area contributed by atoms with Crippen LogP contribution in [0.15, 0.2) is 60.7 Å². The fourth-order valence-corrected chi connectivity index (χ4v) is 6.64. The molecule has 2 saturated carbocycles. The van der Waals surface area contributed by atoms with Gasteiger partial charge in [0.25, 0.3) is 0 Å². The van der Waals surface area contributed by atoms with Gasteiger partial charge in [-0.05, 0) is 60.6 Å². The predicted octanol–water partition coefficient (Wildman–Crippen LogP) is 3.91. The van der Waals surface area contributed by atoms with Crippen molar-refractivity contribution in [2.24, 2.45) is 35.5 Å². The summed E-state index contributed by atoms with van der Waals surface area (Å²) >= 11 is 0. The number of para-hydroxylation sites is 1. The third-order valence-electron chi connectivity index (χ3n) is 8.31. The first-order valence-corrected chi connectivity index (χ1v) is 11.9. The van der Waals surface area contributed by atoms with Crippen molar-refractivity contribution in [3.05, 3.63) is 77.4 Å². The topological polar surface area (TPSA) is 66.5 Å². The second-order valence-corrected chi connectivity index (χ2v) is 10.2. The summed E-state index contributed by atoms with van der Waals surface area (Å²) in [6, 6.07) is 14.6. The number of carbonyl (C=O) groups excluding carboxylic acids is 3. The van der Waals surface area contributed by atoms with Gasteiger partial charge < -0.3 is 5.32 Å². The van der Waals surface area contributed by atoms with E-state index in [0.717, 1.165) is 28.8 Å². The molecule has 1 heterocycles. The van der Waals surface area contributed by atoms with Gasteiger partial charge in [-0.25, -0.2) is 0 Å². The molecule has 4 aliphatic carbocycles. The Bertz CT molecular complexity index is 1130. The monoisotopic (exact) mass is 440 g/mol. The number of hydrogen-bond donors (Lipinski definition) is 1. The molecule has 168 valence electrons. The SMILES string of the molecule is Cc1cccc(C)c1NC(=O)C(Cc1ccccc1)N1C(=O)C2C3C=CC(C4CC34)C2C1=O. The Morgan fingerprint density at radius 3 is 2.06 bits per heavy atom. The molecule has 33 heavy (non-hydrogen) atoms. The summed E-state index contributed by atoms with van der Waals surface area (Å²) in [6.45, 7) is 3.90. The predicted molar refractivity (Wildman–Crippen MR) is 125 cm³/mol. The highest BCUT2D eigenvalue weighted by molar-refractivity contribution is 6.11. The fraction of sp³-hybridized carbons (Fsp3) is 0.393. The van der Waals surface area contributed by atoms with E-state index in [2.05, 4.69) is 17.5 Å². The highest BCUT2D eigenvalue weighted by Crippen LogP contribution is 2.65. The van der Waals surface area contributed by atoms with Crippen LogP contribution in [0.5, 0.6) is 0 Å². The van der Waals surface area contributed by atoms with Gasteiger partial charge in [0, 0.05) is 12.1 Å². The summed E-state index contributed by atoms with van der Waals surface area (Å²) in [5.74, 6) is 0.130. The maximum atomic E-state index is 13.7. The standard InChI is InChI=1S/C28H28N2O3/c1-15-7-6-8-16(2)25(15)29-26(31)22(13-17-9-4-3-5-10-17)30-27(32)23-18-11-12-19(21-14-20(18)21)24(23)28(30)33/h3-12,18-24H,13-14H2,1-2H3,(H,29,31). The Morgan fingerprint density at radius 2 is 1.48 bits per heavy atom. The number of nitrogens with one attached hydrogen (secondary N) is 1. The Morgan fingerprint density at radius 1 is 0.909 bits per heavy atom. The van der Waals surface area contributed by atoms with Crippen LogP contribution in [0.4, 0.5) is 5.69 Å². The molecule has 7 rings (SSSR count). The number of anilines is 1. The minimum atomic E-state index is -0.868. The average Bonchev–Trinajstić information content (AvgIpc) is 3.59. The number of nitrogens with zero attached hydrogens (tertiary/aromatic N) is 1. The molecule has 2 aromatic carbocycles. The third-order valence-corrected chi connectivity index (χ3v) is 8.31. The van der Waals surface area contributed by atoms with Crippen LogP contribution in [0.3, 0.4) is 0 Å². The number of benzene rings is 2. The van der Waals surface area contributed by atoms with Crippen molar-refractivity contribution < 1.29 is 14.4 Å². The molecule has 1 aliphatic heterocycles. The van der Waals surface area contributed by atoms with E-state index in [-0.39, 0.29) is 41.4 Å². The van der Waals surface area contributed by atoms with Gasteiger partial charge in [-0.1, -0.05) is 60.7 Å². The number of amides is 3. The second-order valence-electron chi connectivity index (χ2n) is 10.2. The summed E-state index contributed by atoms with van der Waals surface area (Å²) in [7, 11) is 0. The summed E-state index contributed by atoms with van der Waals surface area (Å²) in [5.41, 5.74) is 3.59. The van der Waals surface area contributed by atoms with E-state index in [0.29, 0.717) is 18.3 Å². The van der Waals surface area contributed by atoms with E-state index in [4.69, 9.17) is 0 Å². The van der Waals surface area contributed by atoms with Crippen molar-refractivity contribution >= 4 is 23.4 Å². The van der Waals surface area contributed by atoms with Crippen molar-refractivity contribution in [1.29, 1.82) is 0 Å². The number of imide groups is 1. The molecule has 5 heteroatoms. The molecule has 5 aliphatic rings. The molecule has 0 spiro atoms. The van der Waals surface area contributed by atoms with Gasteiger partial charge in [-0.3, -0.25) is 19.3 Å². The van der Waals surface area contributed by atoms with Gasteiger partial charge >= 0.3 is 0 Å². The first-order chi connectivity index (χ1) is 16.0. The highest BCUT2D eigenvalue weighted by Gasteiger charge is 2.67. The smallest absolute Gasteiger partial charge is 0.248 e. The average molecular weight is 441 g/mol. The van der Waals surface area contributed by atoms with E-state index >= 15 is 0 Å². The van der Waals surface area contributed by atoms with Gasteiger partial charge in [-0.15, -0.1) is 0 Å². The lowest BCUT2D eigenvalue weighted by Gasteiger charge is -2.37. The summed E-state index contributed by atoms with van der Waals surface area (Å²) in [5, 5.41) is 3.05. The maximum Gasteiger partial charge on any atom is 0.248 e. The molecule has 7 atom stereocenters. The second kappa shape index (κ2) is 7.41. The largest absolute Gasteiger partial charge is 0.324 e. The zero-order valence-electron chi connectivity index (χ0n) is 18.9. The van der Waals surface area contributed by atoms with Gasteiger partial charge in [0.2, 0.25) is 17.7 Å². The molecule has 1 N–H and O–H groups in total. The molecule has 0 radical (unpaired) electrons. The first kappa shape index (κ1) is 20.4. The number of allylic oxidation sites excluding steroid dienone is 2. The highest BCUT2D eigenvalue weighted by atomic mass is 16.2. The number of aryl methyl sites for hydroxylation is 2. The van der Waals surface area contributed by atoms with Crippen molar-refractivity contribution in [3.8, 4) is 0 Å². The van der Waals surface area contributed by atoms with Crippen molar-refractivity contribution in [3.63, 3.8) is 0 Å². The van der Waals surface area contributed by atoms with Crippen molar-refractivity contribution in [2.75, 3.05) is 5.32 Å². The summed E-state index contributed by atoms with van der Waals surface area (Å²) in [4.78, 5) is 42.4. The van der Waals surface area contributed by atoms with Crippen LogP contribution in [0.1, 0.15) is 23.1 Å². The molecule has 2 aromatic rings. The van der Waals surface area contributed by atoms with Crippen LogP contribution >= 0.6 is 0 Å². The number of hydrogen-bond acceptors (Lipinski definition) is 3. The van der Waals surface area contributed by atoms with Crippen LogP contribution in [0.2, 0.25) is 0 Å². The van der Waals surface area contributed by atoms with Gasteiger partial charge in [0.15, 0.2) is 0 Å². The van der Waals surface area contributed by atoms with E-state index < -0.39 is 6.04 Å². The molecule has 1 saturated heterocycles. The van der Waals surface area contributed by atoms with E-state index in [9.17, 15) is 14.4 Å². The number of rotatable bonds is 5. The normalized spacial score (nSPS) is 31.9. The minimum absolute atomic E-state index is 0.144. The lowest BCUT2D eigenvalue weighted by atomic mass is 9.63. The Balaban J connectivity index is 1.35. The Labute approximate surface area is 193 Å². The molecule has 3 fully saturated rings.